The monoisotopic (exact) mass is 505 g/mol. The molecule has 0 radical (unpaired) electrons. The minimum Gasteiger partial charge on any atom is -0.497 e. The molecule has 0 fully saturated rings. The highest BCUT2D eigenvalue weighted by Crippen LogP contribution is 2.36. The summed E-state index contributed by atoms with van der Waals surface area (Å²) in [6.45, 7) is 2.34. The van der Waals surface area contributed by atoms with E-state index in [9.17, 15) is 9.59 Å². The molecule has 1 atom stereocenters. The zero-order chi connectivity index (χ0) is 26.4. The Morgan fingerprint density at radius 2 is 1.86 bits per heavy atom. The van der Waals surface area contributed by atoms with Gasteiger partial charge in [0.05, 0.1) is 38.8 Å². The van der Waals surface area contributed by atoms with Gasteiger partial charge in [-0.05, 0) is 36.8 Å². The predicted octanol–water partition coefficient (Wildman–Crippen LogP) is 4.07. The van der Waals surface area contributed by atoms with Crippen molar-refractivity contribution in [2.45, 2.75) is 19.4 Å². The number of carbonyl (C=O) groups is 2. The van der Waals surface area contributed by atoms with Gasteiger partial charge in [-0.15, -0.1) is 0 Å². The molecule has 1 aromatic heterocycles. The summed E-state index contributed by atoms with van der Waals surface area (Å²) in [7, 11) is 4.72. The molecule has 3 aromatic rings. The number of benzene rings is 2. The van der Waals surface area contributed by atoms with Gasteiger partial charge in [-0.2, -0.15) is 5.10 Å². The number of aryl methyl sites for hydroxylation is 1. The third-order valence-corrected chi connectivity index (χ3v) is 6.26. The number of furan rings is 1. The van der Waals surface area contributed by atoms with Crippen molar-refractivity contribution in [1.82, 2.24) is 9.91 Å². The van der Waals surface area contributed by atoms with Crippen LogP contribution in [0.15, 0.2) is 70.4 Å². The molecular weight excluding hydrogens is 474 g/mol. The first-order chi connectivity index (χ1) is 17.9. The minimum absolute atomic E-state index is 0.160. The first-order valence-electron chi connectivity index (χ1n) is 11.9. The molecule has 0 saturated carbocycles. The van der Waals surface area contributed by atoms with Gasteiger partial charge in [0.15, 0.2) is 5.76 Å². The van der Waals surface area contributed by atoms with Crippen molar-refractivity contribution in [2.75, 3.05) is 41.0 Å². The highest BCUT2D eigenvalue weighted by molar-refractivity contribution is 6.05. The van der Waals surface area contributed by atoms with E-state index in [0.29, 0.717) is 23.6 Å². The highest BCUT2D eigenvalue weighted by Gasteiger charge is 2.35. The fourth-order valence-corrected chi connectivity index (χ4v) is 4.23. The first kappa shape index (κ1) is 26.0. The number of hydrazone groups is 1. The van der Waals surface area contributed by atoms with Gasteiger partial charge in [-0.1, -0.05) is 29.8 Å². The molecule has 2 heterocycles. The zero-order valence-corrected chi connectivity index (χ0v) is 21.5. The van der Waals surface area contributed by atoms with Crippen LogP contribution in [0, 0.1) is 6.92 Å². The maximum atomic E-state index is 13.7. The van der Waals surface area contributed by atoms with Crippen LogP contribution in [0.1, 0.15) is 39.7 Å². The number of rotatable bonds is 10. The van der Waals surface area contributed by atoms with Crippen LogP contribution >= 0.6 is 0 Å². The zero-order valence-electron chi connectivity index (χ0n) is 21.5. The number of carbonyl (C=O) groups excluding carboxylic acids is 2. The molecular formula is C28H31N3O6. The highest BCUT2D eigenvalue weighted by atomic mass is 16.5. The van der Waals surface area contributed by atoms with Crippen LogP contribution in [0.2, 0.25) is 0 Å². The molecule has 37 heavy (non-hydrogen) atoms. The van der Waals surface area contributed by atoms with E-state index in [0.717, 1.165) is 16.7 Å². The molecule has 0 unspecified atom stereocenters. The van der Waals surface area contributed by atoms with E-state index in [-0.39, 0.29) is 43.3 Å². The Kier molecular flexibility index (Phi) is 8.25. The lowest BCUT2D eigenvalue weighted by Gasteiger charge is -2.26. The summed E-state index contributed by atoms with van der Waals surface area (Å²) in [4.78, 5) is 28.1. The molecule has 1 aliphatic rings. The quantitative estimate of drug-likeness (QED) is 0.412. The fraction of sp³-hybridized carbons (Fsp3) is 0.321. The standard InChI is InChI=1S/C28H31N3O6/c1-19-7-9-20(10-8-19)24-17-23(22-12-11-21(35-3)16-26(22)36-4)29-31(24)27(32)18-30(13-15-34-2)28(33)25-6-5-14-37-25/h5-12,14,16,24H,13,15,17-18H2,1-4H3/t24-/m0/s1. The Labute approximate surface area is 216 Å². The topological polar surface area (TPSA) is 93.8 Å². The first-order valence-corrected chi connectivity index (χ1v) is 11.9. The van der Waals surface area contributed by atoms with Gasteiger partial charge in [0.25, 0.3) is 11.8 Å². The molecule has 0 saturated heterocycles. The smallest absolute Gasteiger partial charge is 0.290 e. The van der Waals surface area contributed by atoms with Gasteiger partial charge < -0.3 is 23.5 Å². The van der Waals surface area contributed by atoms with Crippen molar-refractivity contribution in [1.29, 1.82) is 0 Å². The second-order valence-electron chi connectivity index (χ2n) is 8.68. The molecule has 0 N–H and O–H groups in total. The predicted molar refractivity (Wildman–Crippen MR) is 138 cm³/mol. The van der Waals surface area contributed by atoms with E-state index < -0.39 is 0 Å². The molecule has 0 bridgehead atoms. The number of methoxy groups -OCH3 is 3. The van der Waals surface area contributed by atoms with E-state index in [4.69, 9.17) is 23.7 Å². The summed E-state index contributed by atoms with van der Waals surface area (Å²) in [5.41, 5.74) is 3.55. The molecule has 0 spiro atoms. The van der Waals surface area contributed by atoms with Gasteiger partial charge in [0.2, 0.25) is 0 Å². The summed E-state index contributed by atoms with van der Waals surface area (Å²) in [6.07, 6.45) is 1.91. The third-order valence-electron chi connectivity index (χ3n) is 6.26. The van der Waals surface area contributed by atoms with Gasteiger partial charge in [-0.3, -0.25) is 9.59 Å². The van der Waals surface area contributed by atoms with E-state index >= 15 is 0 Å². The van der Waals surface area contributed by atoms with E-state index in [1.165, 1.54) is 16.2 Å². The lowest BCUT2D eigenvalue weighted by molar-refractivity contribution is -0.133. The fourth-order valence-electron chi connectivity index (χ4n) is 4.23. The van der Waals surface area contributed by atoms with Crippen molar-refractivity contribution in [2.24, 2.45) is 5.10 Å². The van der Waals surface area contributed by atoms with Gasteiger partial charge in [-0.25, -0.2) is 5.01 Å². The Balaban J connectivity index is 1.66. The van der Waals surface area contributed by atoms with Crippen molar-refractivity contribution in [3.63, 3.8) is 0 Å². The van der Waals surface area contributed by atoms with Crippen LogP contribution in [0.25, 0.3) is 0 Å². The normalized spacial score (nSPS) is 14.9. The van der Waals surface area contributed by atoms with Crippen LogP contribution < -0.4 is 9.47 Å². The van der Waals surface area contributed by atoms with Crippen LogP contribution in [-0.2, 0) is 9.53 Å². The van der Waals surface area contributed by atoms with E-state index in [2.05, 4.69) is 0 Å². The van der Waals surface area contributed by atoms with Crippen molar-refractivity contribution in [3.05, 3.63) is 83.3 Å². The maximum absolute atomic E-state index is 13.7. The molecule has 2 aromatic carbocycles. The van der Waals surface area contributed by atoms with E-state index in [1.54, 1.807) is 39.5 Å². The summed E-state index contributed by atoms with van der Waals surface area (Å²) in [5.74, 6) is 0.719. The lowest BCUT2D eigenvalue weighted by Crippen LogP contribution is -2.42. The van der Waals surface area contributed by atoms with Crippen molar-refractivity contribution >= 4 is 17.5 Å². The molecule has 1 aliphatic heterocycles. The van der Waals surface area contributed by atoms with Gasteiger partial charge >= 0.3 is 0 Å². The Hall–Kier alpha value is -4.11. The van der Waals surface area contributed by atoms with Gasteiger partial charge in [0, 0.05) is 31.7 Å². The molecule has 9 nitrogen and oxygen atoms in total. The average molecular weight is 506 g/mol. The maximum Gasteiger partial charge on any atom is 0.290 e. The summed E-state index contributed by atoms with van der Waals surface area (Å²) in [6, 6.07) is 16.4. The number of hydrogen-bond acceptors (Lipinski definition) is 7. The molecule has 2 amide bonds. The Morgan fingerprint density at radius 1 is 1.08 bits per heavy atom. The van der Waals surface area contributed by atoms with Crippen molar-refractivity contribution in [3.8, 4) is 11.5 Å². The number of amides is 2. The number of hydrogen-bond donors (Lipinski definition) is 0. The number of ether oxygens (including phenoxy) is 3. The summed E-state index contributed by atoms with van der Waals surface area (Å²) < 4.78 is 21.4. The van der Waals surface area contributed by atoms with Crippen LogP contribution in [0.4, 0.5) is 0 Å². The van der Waals surface area contributed by atoms with Crippen LogP contribution in [0.5, 0.6) is 11.5 Å². The minimum atomic E-state index is -0.387. The van der Waals surface area contributed by atoms with Gasteiger partial charge in [0.1, 0.15) is 18.0 Å². The average Bonchev–Trinajstić information content (AvgIpc) is 3.61. The summed E-state index contributed by atoms with van der Waals surface area (Å²) >= 11 is 0. The molecule has 0 aliphatic carbocycles. The van der Waals surface area contributed by atoms with Crippen molar-refractivity contribution < 1.29 is 28.2 Å². The summed E-state index contributed by atoms with van der Waals surface area (Å²) in [5, 5.41) is 6.22. The lowest BCUT2D eigenvalue weighted by atomic mass is 9.97. The molecule has 194 valence electrons. The molecule has 4 rings (SSSR count). The largest absolute Gasteiger partial charge is 0.497 e. The molecule has 9 heteroatoms. The second-order valence-corrected chi connectivity index (χ2v) is 8.68. The van der Waals surface area contributed by atoms with E-state index in [1.807, 2.05) is 43.3 Å². The SMILES string of the molecule is COCCN(CC(=O)N1N=C(c2ccc(OC)cc2OC)C[C@H]1c1ccc(C)cc1)C(=O)c1ccco1. The Morgan fingerprint density at radius 3 is 2.51 bits per heavy atom. The van der Waals surface area contributed by atoms with Crippen LogP contribution in [-0.4, -0.2) is 68.5 Å². The Bertz CT molecular complexity index is 1250. The second kappa shape index (κ2) is 11.7. The third kappa shape index (κ3) is 5.83. The van der Waals surface area contributed by atoms with Crippen LogP contribution in [0.3, 0.4) is 0 Å². The number of nitrogens with zero attached hydrogens (tertiary/aromatic N) is 3.